The molecule has 0 fully saturated rings. The molecule has 0 unspecified atom stereocenters. The van der Waals surface area contributed by atoms with Crippen LogP contribution in [-0.2, 0) is 4.84 Å². The lowest BCUT2D eigenvalue weighted by Crippen LogP contribution is -2.07. The van der Waals surface area contributed by atoms with Gasteiger partial charge in [0.15, 0.2) is 6.10 Å². The molecule has 1 atom stereocenters. The maximum atomic E-state index is 5.88. The van der Waals surface area contributed by atoms with Gasteiger partial charge in [0.25, 0.3) is 0 Å². The predicted molar refractivity (Wildman–Crippen MR) is 111 cm³/mol. The van der Waals surface area contributed by atoms with Crippen molar-refractivity contribution in [3.8, 4) is 17.2 Å². The number of hydrogen-bond donors (Lipinski definition) is 0. The number of hydrogen-bond acceptors (Lipinski definition) is 5. The molecule has 4 aromatic rings. The quantitative estimate of drug-likeness (QED) is 0.442. The topological polar surface area (TPSA) is 52.9 Å². The fraction of sp³-hybridized carbons (Fsp3) is 0.0833. The van der Waals surface area contributed by atoms with Gasteiger partial charge in [0.2, 0.25) is 5.90 Å². The van der Waals surface area contributed by atoms with Gasteiger partial charge in [-0.1, -0.05) is 53.7 Å². The average molecular weight is 382 g/mol. The Hall–Kier alpha value is -3.86. The van der Waals surface area contributed by atoms with Gasteiger partial charge in [-0.05, 0) is 42.0 Å². The monoisotopic (exact) mass is 382 g/mol. The molecule has 1 aliphatic heterocycles. The normalized spacial score (nSPS) is 15.6. The van der Waals surface area contributed by atoms with E-state index in [1.807, 2.05) is 84.9 Å². The van der Waals surface area contributed by atoms with E-state index in [2.05, 4.69) is 10.1 Å². The standard InChI is InChI=1S/C24H18N2O3/c1-2-7-19(8-3-1)27-20-12-10-17(11-13-20)23-15-24(26-29-23)28-21-14-18-6-4-5-9-22(18)25-16-21/h1-14,16,23H,15H2/t23-/m1/s1. The first-order chi connectivity index (χ1) is 14.3. The highest BCUT2D eigenvalue weighted by molar-refractivity contribution is 5.83. The van der Waals surface area contributed by atoms with Gasteiger partial charge in [0.1, 0.15) is 17.2 Å². The molecule has 0 aliphatic carbocycles. The summed E-state index contributed by atoms with van der Waals surface area (Å²) in [7, 11) is 0. The van der Waals surface area contributed by atoms with Crippen molar-refractivity contribution in [1.29, 1.82) is 0 Å². The Morgan fingerprint density at radius 3 is 2.38 bits per heavy atom. The Morgan fingerprint density at radius 1 is 0.759 bits per heavy atom. The van der Waals surface area contributed by atoms with Gasteiger partial charge < -0.3 is 14.3 Å². The molecule has 5 rings (SSSR count). The van der Waals surface area contributed by atoms with Crippen LogP contribution in [0.1, 0.15) is 18.1 Å². The number of benzene rings is 3. The van der Waals surface area contributed by atoms with Crippen LogP contribution in [-0.4, -0.2) is 10.9 Å². The Kier molecular flexibility index (Phi) is 4.54. The Bertz CT molecular complexity index is 1160. The summed E-state index contributed by atoms with van der Waals surface area (Å²) in [6.45, 7) is 0. The summed E-state index contributed by atoms with van der Waals surface area (Å²) in [5.41, 5.74) is 1.95. The van der Waals surface area contributed by atoms with Crippen LogP contribution >= 0.6 is 0 Å². The first-order valence-corrected chi connectivity index (χ1v) is 9.42. The predicted octanol–water partition coefficient (Wildman–Crippen LogP) is 5.88. The number of ether oxygens (including phenoxy) is 2. The Balaban J connectivity index is 1.22. The Labute approximate surface area is 168 Å². The maximum Gasteiger partial charge on any atom is 0.235 e. The summed E-state index contributed by atoms with van der Waals surface area (Å²) < 4.78 is 11.7. The fourth-order valence-electron chi connectivity index (χ4n) is 3.21. The second kappa shape index (κ2) is 7.64. The number of oxime groups is 1. The summed E-state index contributed by atoms with van der Waals surface area (Å²) >= 11 is 0. The highest BCUT2D eigenvalue weighted by Crippen LogP contribution is 2.31. The molecular formula is C24H18N2O3. The number of aromatic nitrogens is 1. The molecule has 0 saturated heterocycles. The molecule has 142 valence electrons. The van der Waals surface area contributed by atoms with E-state index < -0.39 is 0 Å². The summed E-state index contributed by atoms with van der Waals surface area (Å²) in [5, 5.41) is 5.12. The van der Waals surface area contributed by atoms with E-state index in [9.17, 15) is 0 Å². The highest BCUT2D eigenvalue weighted by Gasteiger charge is 2.24. The number of fused-ring (bicyclic) bond motifs is 1. The lowest BCUT2D eigenvalue weighted by Gasteiger charge is -2.10. The summed E-state index contributed by atoms with van der Waals surface area (Å²) in [6.07, 6.45) is 2.09. The largest absolute Gasteiger partial charge is 0.457 e. The zero-order valence-electron chi connectivity index (χ0n) is 15.6. The van der Waals surface area contributed by atoms with E-state index in [0.717, 1.165) is 28.0 Å². The zero-order chi connectivity index (χ0) is 19.5. The summed E-state index contributed by atoms with van der Waals surface area (Å²) in [5.74, 6) is 2.77. The molecule has 1 aliphatic rings. The molecule has 3 aromatic carbocycles. The van der Waals surface area contributed by atoms with Gasteiger partial charge in [-0.15, -0.1) is 0 Å². The molecule has 0 spiro atoms. The van der Waals surface area contributed by atoms with Crippen LogP contribution in [0, 0.1) is 0 Å². The molecule has 2 heterocycles. The average Bonchev–Trinajstić information content (AvgIpc) is 3.23. The van der Waals surface area contributed by atoms with Crippen LogP contribution in [0.25, 0.3) is 10.9 Å². The van der Waals surface area contributed by atoms with Gasteiger partial charge >= 0.3 is 0 Å². The smallest absolute Gasteiger partial charge is 0.235 e. The van der Waals surface area contributed by atoms with Gasteiger partial charge in [0.05, 0.1) is 18.1 Å². The lowest BCUT2D eigenvalue weighted by molar-refractivity contribution is 0.0855. The number of pyridine rings is 1. The molecule has 0 N–H and O–H groups in total. The molecule has 1 aromatic heterocycles. The third kappa shape index (κ3) is 3.89. The van der Waals surface area contributed by atoms with Crippen molar-refractivity contribution in [2.24, 2.45) is 5.16 Å². The van der Waals surface area contributed by atoms with E-state index in [-0.39, 0.29) is 6.10 Å². The van der Waals surface area contributed by atoms with Crippen LogP contribution in [0.2, 0.25) is 0 Å². The first kappa shape index (κ1) is 17.3. The summed E-state index contributed by atoms with van der Waals surface area (Å²) in [6, 6.07) is 27.4. The highest BCUT2D eigenvalue weighted by atomic mass is 16.7. The third-order valence-electron chi connectivity index (χ3n) is 4.67. The van der Waals surface area contributed by atoms with Crippen molar-refractivity contribution in [3.63, 3.8) is 0 Å². The number of nitrogens with zero attached hydrogens (tertiary/aromatic N) is 2. The maximum absolute atomic E-state index is 5.88. The molecule has 29 heavy (non-hydrogen) atoms. The van der Waals surface area contributed by atoms with Gasteiger partial charge in [-0.2, -0.15) is 0 Å². The minimum atomic E-state index is -0.177. The molecule has 5 nitrogen and oxygen atoms in total. The van der Waals surface area contributed by atoms with Crippen molar-refractivity contribution in [3.05, 3.63) is 96.7 Å². The van der Waals surface area contributed by atoms with E-state index in [1.54, 1.807) is 6.20 Å². The second-order valence-electron chi connectivity index (χ2n) is 6.73. The van der Waals surface area contributed by atoms with Gasteiger partial charge in [-0.3, -0.25) is 4.98 Å². The number of rotatable bonds is 4. The van der Waals surface area contributed by atoms with Crippen molar-refractivity contribution in [2.45, 2.75) is 12.5 Å². The molecule has 0 amide bonds. The molecule has 0 saturated carbocycles. The van der Waals surface area contributed by atoms with E-state index in [4.69, 9.17) is 14.3 Å². The van der Waals surface area contributed by atoms with Crippen molar-refractivity contribution in [2.75, 3.05) is 0 Å². The van der Waals surface area contributed by atoms with E-state index in [1.165, 1.54) is 0 Å². The van der Waals surface area contributed by atoms with Gasteiger partial charge in [0, 0.05) is 5.39 Å². The van der Waals surface area contributed by atoms with Gasteiger partial charge in [-0.25, -0.2) is 0 Å². The molecule has 5 heteroatoms. The second-order valence-corrected chi connectivity index (χ2v) is 6.73. The third-order valence-corrected chi connectivity index (χ3v) is 4.67. The van der Waals surface area contributed by atoms with E-state index in [0.29, 0.717) is 18.1 Å². The minimum Gasteiger partial charge on any atom is -0.457 e. The van der Waals surface area contributed by atoms with Crippen molar-refractivity contribution >= 4 is 16.8 Å². The van der Waals surface area contributed by atoms with E-state index >= 15 is 0 Å². The molecule has 0 radical (unpaired) electrons. The minimum absolute atomic E-state index is 0.177. The molecule has 0 bridgehead atoms. The molecular weight excluding hydrogens is 364 g/mol. The lowest BCUT2D eigenvalue weighted by atomic mass is 10.1. The zero-order valence-corrected chi connectivity index (χ0v) is 15.6. The summed E-state index contributed by atoms with van der Waals surface area (Å²) in [4.78, 5) is 9.98. The Morgan fingerprint density at radius 2 is 1.52 bits per heavy atom. The van der Waals surface area contributed by atoms with Crippen molar-refractivity contribution < 1.29 is 14.3 Å². The van der Waals surface area contributed by atoms with Crippen LogP contribution in [0.3, 0.4) is 0 Å². The van der Waals surface area contributed by atoms with Crippen LogP contribution in [0.4, 0.5) is 0 Å². The fourth-order valence-corrected chi connectivity index (χ4v) is 3.21. The van der Waals surface area contributed by atoms with Crippen LogP contribution < -0.4 is 9.47 Å². The first-order valence-electron chi connectivity index (χ1n) is 9.42. The SMILES string of the molecule is c1ccc(Oc2ccc([C@H]3CC(Oc4cnc5ccccc5c4)=NO3)cc2)cc1. The van der Waals surface area contributed by atoms with Crippen LogP contribution in [0.5, 0.6) is 17.2 Å². The van der Waals surface area contributed by atoms with Crippen LogP contribution in [0.15, 0.2) is 96.3 Å². The van der Waals surface area contributed by atoms with Crippen molar-refractivity contribution in [1.82, 2.24) is 4.98 Å². The number of para-hydroxylation sites is 2.